The molecule has 0 heterocycles. The Morgan fingerprint density at radius 3 is 2.79 bits per heavy atom. The Morgan fingerprint density at radius 1 is 1.43 bits per heavy atom. The first-order chi connectivity index (χ1) is 6.75. The zero-order valence-corrected chi connectivity index (χ0v) is 8.59. The summed E-state index contributed by atoms with van der Waals surface area (Å²) in [5, 5.41) is 8.55. The average molecular weight is 211 g/mol. The molecule has 0 aliphatic rings. The molecule has 0 fully saturated rings. The van der Waals surface area contributed by atoms with Gasteiger partial charge in [-0.25, -0.2) is 0 Å². The van der Waals surface area contributed by atoms with Gasteiger partial charge in [-0.1, -0.05) is 36.5 Å². The standard InChI is InChI=1S/C10H13NO2S/c11-10(14)9-4-2-1-3-8(9)7-13-6-5-12/h1-4,12H,5-7H2,(H2,11,14). The SMILES string of the molecule is NC(=S)c1ccccc1COCCO. The number of nitrogens with two attached hydrogens (primary N) is 1. The summed E-state index contributed by atoms with van der Waals surface area (Å²) in [4.78, 5) is 0.369. The molecule has 0 aliphatic heterocycles. The lowest BCUT2D eigenvalue weighted by Gasteiger charge is -2.07. The molecule has 1 rings (SSSR count). The van der Waals surface area contributed by atoms with Crippen molar-refractivity contribution in [2.45, 2.75) is 6.61 Å². The Balaban J connectivity index is 2.69. The molecule has 0 aliphatic carbocycles. The van der Waals surface area contributed by atoms with Crippen LogP contribution in [0.1, 0.15) is 11.1 Å². The molecule has 3 nitrogen and oxygen atoms in total. The number of hydrogen-bond donors (Lipinski definition) is 2. The maximum Gasteiger partial charge on any atom is 0.104 e. The second-order valence-electron chi connectivity index (χ2n) is 2.80. The monoisotopic (exact) mass is 211 g/mol. The quantitative estimate of drug-likeness (QED) is 0.559. The van der Waals surface area contributed by atoms with Crippen LogP contribution in [0.4, 0.5) is 0 Å². The van der Waals surface area contributed by atoms with Crippen LogP contribution in [0.3, 0.4) is 0 Å². The van der Waals surface area contributed by atoms with E-state index in [0.29, 0.717) is 18.2 Å². The van der Waals surface area contributed by atoms with Crippen molar-refractivity contribution >= 4 is 17.2 Å². The zero-order chi connectivity index (χ0) is 10.4. The lowest BCUT2D eigenvalue weighted by Crippen LogP contribution is -2.13. The largest absolute Gasteiger partial charge is 0.394 e. The van der Waals surface area contributed by atoms with E-state index in [9.17, 15) is 0 Å². The summed E-state index contributed by atoms with van der Waals surface area (Å²) in [6.45, 7) is 0.773. The highest BCUT2D eigenvalue weighted by molar-refractivity contribution is 7.80. The minimum Gasteiger partial charge on any atom is -0.394 e. The van der Waals surface area contributed by atoms with E-state index < -0.39 is 0 Å². The summed E-state index contributed by atoms with van der Waals surface area (Å²) < 4.78 is 5.19. The third kappa shape index (κ3) is 3.06. The van der Waals surface area contributed by atoms with E-state index in [2.05, 4.69) is 0 Å². The maximum absolute atomic E-state index is 8.55. The van der Waals surface area contributed by atoms with Gasteiger partial charge in [-0.05, 0) is 5.56 Å². The summed E-state index contributed by atoms with van der Waals surface area (Å²) in [7, 11) is 0. The van der Waals surface area contributed by atoms with Gasteiger partial charge >= 0.3 is 0 Å². The fourth-order valence-electron chi connectivity index (χ4n) is 1.13. The van der Waals surface area contributed by atoms with Crippen molar-refractivity contribution in [1.29, 1.82) is 0 Å². The van der Waals surface area contributed by atoms with Gasteiger partial charge in [0.15, 0.2) is 0 Å². The minimum atomic E-state index is 0.0231. The predicted molar refractivity (Wildman–Crippen MR) is 59.1 cm³/mol. The minimum absolute atomic E-state index is 0.0231. The fraction of sp³-hybridized carbons (Fsp3) is 0.300. The molecule has 0 saturated heterocycles. The number of ether oxygens (including phenoxy) is 1. The van der Waals surface area contributed by atoms with E-state index in [0.717, 1.165) is 11.1 Å². The van der Waals surface area contributed by atoms with Gasteiger partial charge in [-0.15, -0.1) is 0 Å². The molecule has 0 radical (unpaired) electrons. The fourth-order valence-corrected chi connectivity index (χ4v) is 1.33. The molecule has 0 atom stereocenters. The van der Waals surface area contributed by atoms with E-state index in [-0.39, 0.29) is 6.61 Å². The highest BCUT2D eigenvalue weighted by atomic mass is 32.1. The van der Waals surface area contributed by atoms with Crippen molar-refractivity contribution in [2.24, 2.45) is 5.73 Å². The number of aliphatic hydroxyl groups excluding tert-OH is 1. The third-order valence-electron chi connectivity index (χ3n) is 1.78. The molecule has 0 unspecified atom stereocenters. The lowest BCUT2D eigenvalue weighted by atomic mass is 10.1. The van der Waals surface area contributed by atoms with Crippen molar-refractivity contribution < 1.29 is 9.84 Å². The molecule has 1 aromatic rings. The zero-order valence-electron chi connectivity index (χ0n) is 7.77. The average Bonchev–Trinajstić information content (AvgIpc) is 2.19. The van der Waals surface area contributed by atoms with E-state index >= 15 is 0 Å². The summed E-state index contributed by atoms with van der Waals surface area (Å²) >= 11 is 4.90. The summed E-state index contributed by atoms with van der Waals surface area (Å²) in [5.41, 5.74) is 7.33. The molecule has 1 aromatic carbocycles. The van der Waals surface area contributed by atoms with Gasteiger partial charge in [0, 0.05) is 5.56 Å². The maximum atomic E-state index is 8.55. The molecule has 14 heavy (non-hydrogen) atoms. The van der Waals surface area contributed by atoms with E-state index in [1.165, 1.54) is 0 Å². The second-order valence-corrected chi connectivity index (χ2v) is 3.24. The second kappa shape index (κ2) is 5.70. The van der Waals surface area contributed by atoms with E-state index in [4.69, 9.17) is 27.8 Å². The molecule has 76 valence electrons. The smallest absolute Gasteiger partial charge is 0.104 e. The molecule has 0 aromatic heterocycles. The van der Waals surface area contributed by atoms with Crippen molar-refractivity contribution in [1.82, 2.24) is 0 Å². The van der Waals surface area contributed by atoms with Gasteiger partial charge in [0.1, 0.15) is 4.99 Å². The molecule has 0 bridgehead atoms. The number of hydrogen-bond acceptors (Lipinski definition) is 3. The first kappa shape index (κ1) is 11.1. The van der Waals surface area contributed by atoms with Crippen LogP contribution in [0, 0.1) is 0 Å². The van der Waals surface area contributed by atoms with Gasteiger partial charge in [-0.2, -0.15) is 0 Å². The highest BCUT2D eigenvalue weighted by Crippen LogP contribution is 2.09. The molecule has 0 spiro atoms. The molecule has 0 saturated carbocycles. The van der Waals surface area contributed by atoms with Crippen LogP contribution in [0.15, 0.2) is 24.3 Å². The topological polar surface area (TPSA) is 55.5 Å². The van der Waals surface area contributed by atoms with Crippen LogP contribution >= 0.6 is 12.2 Å². The highest BCUT2D eigenvalue weighted by Gasteiger charge is 2.03. The number of rotatable bonds is 5. The molecule has 4 heteroatoms. The van der Waals surface area contributed by atoms with Crippen LogP contribution in [0.2, 0.25) is 0 Å². The van der Waals surface area contributed by atoms with Gasteiger partial charge in [0.05, 0.1) is 19.8 Å². The number of thiocarbonyl (C=S) groups is 1. The van der Waals surface area contributed by atoms with Crippen LogP contribution in [0.25, 0.3) is 0 Å². The van der Waals surface area contributed by atoms with Crippen LogP contribution < -0.4 is 5.73 Å². The number of aliphatic hydroxyl groups is 1. The summed E-state index contributed by atoms with van der Waals surface area (Å²) in [6, 6.07) is 7.55. The van der Waals surface area contributed by atoms with Crippen molar-refractivity contribution in [3.05, 3.63) is 35.4 Å². The Morgan fingerprint density at radius 2 is 2.14 bits per heavy atom. The first-order valence-corrected chi connectivity index (χ1v) is 4.73. The third-order valence-corrected chi connectivity index (χ3v) is 2.00. The van der Waals surface area contributed by atoms with Gasteiger partial charge in [-0.3, -0.25) is 0 Å². The summed E-state index contributed by atoms with van der Waals surface area (Å²) in [6.07, 6.45) is 0. The van der Waals surface area contributed by atoms with Crippen LogP contribution in [0.5, 0.6) is 0 Å². The van der Waals surface area contributed by atoms with Crippen molar-refractivity contribution in [3.63, 3.8) is 0 Å². The Bertz CT molecular complexity index is 315. The molecule has 3 N–H and O–H groups in total. The van der Waals surface area contributed by atoms with Crippen LogP contribution in [-0.2, 0) is 11.3 Å². The molecular formula is C10H13NO2S. The Kier molecular flexibility index (Phi) is 4.52. The normalized spacial score (nSPS) is 10.1. The van der Waals surface area contributed by atoms with Gasteiger partial charge in [0.25, 0.3) is 0 Å². The summed E-state index contributed by atoms with van der Waals surface area (Å²) in [5.74, 6) is 0. The number of benzene rings is 1. The van der Waals surface area contributed by atoms with Gasteiger partial charge < -0.3 is 15.6 Å². The van der Waals surface area contributed by atoms with E-state index in [1.54, 1.807) is 0 Å². The van der Waals surface area contributed by atoms with Crippen molar-refractivity contribution in [3.8, 4) is 0 Å². The van der Waals surface area contributed by atoms with E-state index in [1.807, 2.05) is 24.3 Å². The Labute approximate surface area is 88.5 Å². The molecular weight excluding hydrogens is 198 g/mol. The Hall–Kier alpha value is -0.970. The first-order valence-electron chi connectivity index (χ1n) is 4.32. The van der Waals surface area contributed by atoms with Gasteiger partial charge in [0.2, 0.25) is 0 Å². The molecule has 0 amide bonds. The predicted octanol–water partition coefficient (Wildman–Crippen LogP) is 0.830. The van der Waals surface area contributed by atoms with Crippen LogP contribution in [-0.4, -0.2) is 23.3 Å². The lowest BCUT2D eigenvalue weighted by molar-refractivity contribution is 0.0815. The van der Waals surface area contributed by atoms with Crippen molar-refractivity contribution in [2.75, 3.05) is 13.2 Å².